The highest BCUT2D eigenvalue weighted by Gasteiger charge is 2.22. The van der Waals surface area contributed by atoms with Crippen molar-refractivity contribution in [3.8, 4) is 51.0 Å². The van der Waals surface area contributed by atoms with Gasteiger partial charge in [-0.1, -0.05) is 182 Å². The molecule has 0 amide bonds. The van der Waals surface area contributed by atoms with Crippen molar-refractivity contribution in [2.24, 2.45) is 0 Å². The van der Waals surface area contributed by atoms with Crippen LogP contribution in [0.2, 0.25) is 0 Å². The Morgan fingerprint density at radius 3 is 1.36 bits per heavy atom. The predicted octanol–water partition coefficient (Wildman–Crippen LogP) is 19.4. The Morgan fingerprint density at radius 1 is 0.250 bits per heavy atom. The summed E-state index contributed by atoms with van der Waals surface area (Å²) in [7, 11) is 0. The molecule has 0 atom stereocenters. The van der Waals surface area contributed by atoms with Crippen molar-refractivity contribution >= 4 is 93.3 Å². The fourth-order valence-corrected chi connectivity index (χ4v) is 12.4. The summed E-state index contributed by atoms with van der Waals surface area (Å²) in [5.41, 5.74) is 18.2. The van der Waals surface area contributed by atoms with Crippen molar-refractivity contribution in [2.75, 3.05) is 4.90 Å². The van der Waals surface area contributed by atoms with Crippen LogP contribution in [0, 0.1) is 0 Å². The molecule has 80 heavy (non-hydrogen) atoms. The van der Waals surface area contributed by atoms with Gasteiger partial charge in [0, 0.05) is 71.6 Å². The van der Waals surface area contributed by atoms with Crippen LogP contribution in [0.5, 0.6) is 0 Å². The van der Waals surface area contributed by atoms with Crippen LogP contribution >= 0.6 is 0 Å². The summed E-state index contributed by atoms with van der Waals surface area (Å²) in [5.74, 6) is 0.611. The van der Waals surface area contributed by atoms with Gasteiger partial charge in [0.1, 0.15) is 0 Å². The maximum atomic E-state index is 5.53. The van der Waals surface area contributed by atoms with Crippen LogP contribution in [-0.4, -0.2) is 23.7 Å². The number of anilines is 3. The van der Waals surface area contributed by atoms with Gasteiger partial charge in [0.25, 0.3) is 0 Å². The van der Waals surface area contributed by atoms with Crippen LogP contribution in [-0.2, 0) is 0 Å². The summed E-state index contributed by atoms with van der Waals surface area (Å²) in [6, 6.07) is 105. The molecule has 0 N–H and O–H groups in total. The third-order valence-corrected chi connectivity index (χ3v) is 16.0. The minimum atomic E-state index is 0.611. The van der Waals surface area contributed by atoms with Gasteiger partial charge >= 0.3 is 0 Å². The Bertz CT molecular complexity index is 5070. The highest BCUT2D eigenvalue weighted by atomic mass is 15.2. The zero-order valence-corrected chi connectivity index (χ0v) is 43.4. The van der Waals surface area contributed by atoms with Gasteiger partial charge in [-0.15, -0.1) is 0 Å². The van der Waals surface area contributed by atoms with Gasteiger partial charge in [0.2, 0.25) is 5.95 Å². The predicted molar refractivity (Wildman–Crippen MR) is 334 cm³/mol. The summed E-state index contributed by atoms with van der Waals surface area (Å²) < 4.78 is 7.01. The van der Waals surface area contributed by atoms with Crippen molar-refractivity contribution in [2.45, 2.75) is 0 Å². The average molecular weight is 1020 g/mol. The van der Waals surface area contributed by atoms with Crippen molar-refractivity contribution in [3.05, 3.63) is 291 Å². The normalized spacial score (nSPS) is 11.8. The number of fused-ring (bicyclic) bond motifs is 10. The molecule has 0 spiro atoms. The molecular formula is C74H48N6. The van der Waals surface area contributed by atoms with Gasteiger partial charge in [-0.3, -0.25) is 4.57 Å². The number of hydrogen-bond donors (Lipinski definition) is 0. The molecule has 0 bridgehead atoms. The second-order valence-corrected chi connectivity index (χ2v) is 20.6. The van der Waals surface area contributed by atoms with E-state index in [1.807, 2.05) is 0 Å². The molecule has 0 fully saturated rings. The monoisotopic (exact) mass is 1020 g/mol. The smallest absolute Gasteiger partial charge is 0.235 e. The SMILES string of the molecule is c1ccc(-c2cc(-c3cccc(-n4c5ccccc5c5cc(N(c6ccccc6)c6cccc7ccccc67)ccc54)c3)nc(-n3c4ccccc4c4cc(-c5ccc6c(c5)c5ccccc5n6-c5ccccc5)ccc43)n2)cc1. The molecule has 0 aliphatic heterocycles. The van der Waals surface area contributed by atoms with Crippen molar-refractivity contribution in [3.63, 3.8) is 0 Å². The maximum absolute atomic E-state index is 5.53. The Labute approximate surface area is 461 Å². The van der Waals surface area contributed by atoms with E-state index in [9.17, 15) is 0 Å². The number of hydrogen-bond acceptors (Lipinski definition) is 3. The fourth-order valence-electron chi connectivity index (χ4n) is 12.4. The highest BCUT2D eigenvalue weighted by molar-refractivity contribution is 6.14. The van der Waals surface area contributed by atoms with Crippen LogP contribution in [0.25, 0.3) is 127 Å². The first-order chi connectivity index (χ1) is 39.7. The standard InChI is InChI=1S/C74H48N6/c1-4-21-50(22-5-1)65-48-66(53-24-18-29-56(44-53)79-69-35-16-13-33-61(69)64-47-57(40-43-72(64)79)77(54-25-6-2-7-26-54)67-37-19-23-49-20-10-11-30-58(49)67)76-74(75-65)80-70-36-17-14-32-60(70)63-46-52(39-42-73(63)80)51-38-41-71-62(45-51)59-31-12-15-34-68(59)78(71)55-27-8-3-9-28-55/h1-48H. The molecule has 6 heteroatoms. The van der Waals surface area contributed by atoms with Crippen LogP contribution in [0.15, 0.2) is 291 Å². The Hall–Kier alpha value is -10.8. The Morgan fingerprint density at radius 2 is 0.700 bits per heavy atom. The maximum Gasteiger partial charge on any atom is 0.235 e. The lowest BCUT2D eigenvalue weighted by atomic mass is 10.0. The molecule has 4 heterocycles. The molecule has 6 nitrogen and oxygen atoms in total. The minimum Gasteiger partial charge on any atom is -0.310 e. The average Bonchev–Trinajstić information content (AvgIpc) is 4.36. The molecule has 374 valence electrons. The minimum absolute atomic E-state index is 0.611. The number of nitrogens with zero attached hydrogens (tertiary/aromatic N) is 6. The van der Waals surface area contributed by atoms with E-state index in [4.69, 9.17) is 9.97 Å². The van der Waals surface area contributed by atoms with Gasteiger partial charge in [0.15, 0.2) is 0 Å². The first kappa shape index (κ1) is 45.4. The van der Waals surface area contributed by atoms with E-state index in [0.29, 0.717) is 5.95 Å². The molecule has 4 aromatic heterocycles. The van der Waals surface area contributed by atoms with Gasteiger partial charge in [-0.05, 0) is 126 Å². The number of aromatic nitrogens is 5. The lowest BCUT2D eigenvalue weighted by Crippen LogP contribution is -2.10. The zero-order valence-electron chi connectivity index (χ0n) is 43.4. The van der Waals surface area contributed by atoms with E-state index in [2.05, 4.69) is 310 Å². The number of para-hydroxylation sites is 5. The van der Waals surface area contributed by atoms with Crippen LogP contribution in [0.4, 0.5) is 17.1 Å². The lowest BCUT2D eigenvalue weighted by molar-refractivity contribution is 0.995. The van der Waals surface area contributed by atoms with Crippen LogP contribution in [0.3, 0.4) is 0 Å². The van der Waals surface area contributed by atoms with Gasteiger partial charge < -0.3 is 14.0 Å². The summed E-state index contributed by atoms with van der Waals surface area (Å²) in [5, 5.41) is 9.49. The van der Waals surface area contributed by atoms with E-state index in [0.717, 1.165) is 94.9 Å². The first-order valence-electron chi connectivity index (χ1n) is 27.2. The summed E-state index contributed by atoms with van der Waals surface area (Å²) in [6.07, 6.45) is 0. The molecule has 12 aromatic carbocycles. The summed E-state index contributed by atoms with van der Waals surface area (Å²) in [6.45, 7) is 0. The Balaban J connectivity index is 0.833. The van der Waals surface area contributed by atoms with Gasteiger partial charge in [0.05, 0.1) is 50.2 Å². The summed E-state index contributed by atoms with van der Waals surface area (Å²) in [4.78, 5) is 13.3. The van der Waals surface area contributed by atoms with Crippen LogP contribution < -0.4 is 4.90 Å². The molecular weight excluding hydrogens is 973 g/mol. The van der Waals surface area contributed by atoms with Gasteiger partial charge in [-0.25, -0.2) is 9.97 Å². The molecule has 0 radical (unpaired) electrons. The second kappa shape index (κ2) is 18.4. The van der Waals surface area contributed by atoms with Crippen LogP contribution in [0.1, 0.15) is 0 Å². The molecule has 0 unspecified atom stereocenters. The number of rotatable bonds is 9. The quantitative estimate of drug-likeness (QED) is 0.145. The third kappa shape index (κ3) is 7.34. The molecule has 0 saturated heterocycles. The van der Waals surface area contributed by atoms with Gasteiger partial charge in [-0.2, -0.15) is 0 Å². The molecule has 16 rings (SSSR count). The topological polar surface area (TPSA) is 43.8 Å². The van der Waals surface area contributed by atoms with E-state index < -0.39 is 0 Å². The lowest BCUT2D eigenvalue weighted by Gasteiger charge is -2.27. The molecule has 0 aliphatic carbocycles. The molecule has 16 aromatic rings. The van der Waals surface area contributed by atoms with E-state index in [1.165, 1.54) is 43.4 Å². The van der Waals surface area contributed by atoms with Crippen molar-refractivity contribution < 1.29 is 0 Å². The van der Waals surface area contributed by atoms with E-state index >= 15 is 0 Å². The molecule has 0 aliphatic rings. The zero-order chi connectivity index (χ0) is 52.7. The van der Waals surface area contributed by atoms with Crippen molar-refractivity contribution in [1.82, 2.24) is 23.7 Å². The fraction of sp³-hybridized carbons (Fsp3) is 0. The molecule has 0 saturated carbocycles. The first-order valence-corrected chi connectivity index (χ1v) is 27.2. The second-order valence-electron chi connectivity index (χ2n) is 20.6. The third-order valence-electron chi connectivity index (χ3n) is 16.0. The van der Waals surface area contributed by atoms with Crippen molar-refractivity contribution in [1.29, 1.82) is 0 Å². The number of benzene rings is 12. The highest BCUT2D eigenvalue weighted by Crippen LogP contribution is 2.44. The van der Waals surface area contributed by atoms with E-state index in [1.54, 1.807) is 0 Å². The summed E-state index contributed by atoms with van der Waals surface area (Å²) >= 11 is 0. The van der Waals surface area contributed by atoms with E-state index in [-0.39, 0.29) is 0 Å². The largest absolute Gasteiger partial charge is 0.310 e. The Kier molecular flexibility index (Phi) is 10.5.